The minimum absolute atomic E-state index is 0.690. The van der Waals surface area contributed by atoms with E-state index in [-0.39, 0.29) is 0 Å². The first-order valence-electron chi connectivity index (χ1n) is 7.68. The van der Waals surface area contributed by atoms with E-state index in [1.54, 1.807) is 0 Å². The summed E-state index contributed by atoms with van der Waals surface area (Å²) in [6, 6.07) is 0.690. The predicted molar refractivity (Wildman–Crippen MR) is 74.4 cm³/mol. The Labute approximate surface area is 108 Å². The average molecular weight is 241 g/mol. The molecule has 0 aliphatic heterocycles. The Balaban J connectivity index is 2.16. The molecule has 0 heterocycles. The van der Waals surface area contributed by atoms with Crippen molar-refractivity contribution in [1.82, 2.24) is 5.32 Å². The van der Waals surface area contributed by atoms with Gasteiger partial charge in [0.1, 0.15) is 0 Å². The molecule has 1 fully saturated rings. The Bertz CT molecular complexity index is 166. The van der Waals surface area contributed by atoms with E-state index in [4.69, 9.17) is 4.74 Å². The van der Waals surface area contributed by atoms with Crippen LogP contribution in [-0.4, -0.2) is 25.8 Å². The molecule has 1 N–H and O–H groups in total. The summed E-state index contributed by atoms with van der Waals surface area (Å²) in [5.41, 5.74) is 0. The number of ether oxygens (including phenoxy) is 1. The van der Waals surface area contributed by atoms with E-state index in [1.165, 1.54) is 44.9 Å². The summed E-state index contributed by atoms with van der Waals surface area (Å²) in [4.78, 5) is 0. The number of nitrogens with one attached hydrogen (secondary N) is 1. The minimum atomic E-state index is 0.690. The third-order valence-corrected chi connectivity index (χ3v) is 3.73. The summed E-state index contributed by atoms with van der Waals surface area (Å²) in [5, 5.41) is 3.69. The van der Waals surface area contributed by atoms with E-state index < -0.39 is 0 Å². The molecule has 0 aromatic carbocycles. The Morgan fingerprint density at radius 3 is 2.53 bits per heavy atom. The lowest BCUT2D eigenvalue weighted by Gasteiger charge is -2.21. The zero-order valence-corrected chi connectivity index (χ0v) is 11.8. The highest BCUT2D eigenvalue weighted by atomic mass is 16.5. The van der Waals surface area contributed by atoms with Gasteiger partial charge in [-0.3, -0.25) is 0 Å². The second kappa shape index (κ2) is 9.90. The predicted octanol–water partition coefficient (Wildman–Crippen LogP) is 3.75. The summed E-state index contributed by atoms with van der Waals surface area (Å²) >= 11 is 0. The van der Waals surface area contributed by atoms with E-state index in [1.807, 2.05) is 0 Å². The van der Waals surface area contributed by atoms with Crippen LogP contribution in [0.25, 0.3) is 0 Å². The van der Waals surface area contributed by atoms with Gasteiger partial charge in [-0.15, -0.1) is 0 Å². The van der Waals surface area contributed by atoms with Crippen molar-refractivity contribution < 1.29 is 4.74 Å². The van der Waals surface area contributed by atoms with E-state index in [0.29, 0.717) is 6.04 Å². The second-order valence-corrected chi connectivity index (χ2v) is 5.44. The number of hydrogen-bond acceptors (Lipinski definition) is 2. The van der Waals surface area contributed by atoms with Crippen LogP contribution >= 0.6 is 0 Å². The summed E-state index contributed by atoms with van der Waals surface area (Å²) < 4.78 is 5.62. The van der Waals surface area contributed by atoms with Gasteiger partial charge in [-0.1, -0.05) is 39.5 Å². The third kappa shape index (κ3) is 7.05. The van der Waals surface area contributed by atoms with Gasteiger partial charge in [0.05, 0.1) is 0 Å². The maximum Gasteiger partial charge on any atom is 0.0480 e. The van der Waals surface area contributed by atoms with Crippen LogP contribution in [0.1, 0.15) is 65.2 Å². The number of hydrogen-bond donors (Lipinski definition) is 1. The van der Waals surface area contributed by atoms with Gasteiger partial charge >= 0.3 is 0 Å². The molecular weight excluding hydrogens is 210 g/mol. The summed E-state index contributed by atoms with van der Waals surface area (Å²) in [6.45, 7) is 7.43. The van der Waals surface area contributed by atoms with Crippen molar-refractivity contribution in [1.29, 1.82) is 0 Å². The lowest BCUT2D eigenvalue weighted by Crippen LogP contribution is -2.32. The topological polar surface area (TPSA) is 21.3 Å². The van der Waals surface area contributed by atoms with Crippen molar-refractivity contribution in [2.24, 2.45) is 5.92 Å². The van der Waals surface area contributed by atoms with Gasteiger partial charge in [0.15, 0.2) is 0 Å². The zero-order valence-electron chi connectivity index (χ0n) is 11.8. The van der Waals surface area contributed by atoms with Gasteiger partial charge in [-0.2, -0.15) is 0 Å². The van der Waals surface area contributed by atoms with Crippen LogP contribution in [0.3, 0.4) is 0 Å². The van der Waals surface area contributed by atoms with Crippen LogP contribution < -0.4 is 5.32 Å². The van der Waals surface area contributed by atoms with Crippen LogP contribution in [0.15, 0.2) is 0 Å². The lowest BCUT2D eigenvalue weighted by molar-refractivity contribution is 0.121. The van der Waals surface area contributed by atoms with Crippen molar-refractivity contribution in [3.8, 4) is 0 Å². The van der Waals surface area contributed by atoms with E-state index in [2.05, 4.69) is 19.2 Å². The maximum absolute atomic E-state index is 5.62. The van der Waals surface area contributed by atoms with Gasteiger partial charge in [0, 0.05) is 19.3 Å². The van der Waals surface area contributed by atoms with Crippen molar-refractivity contribution in [3.63, 3.8) is 0 Å². The smallest absolute Gasteiger partial charge is 0.0480 e. The molecule has 2 nitrogen and oxygen atoms in total. The SMILES string of the molecule is CCCNC(CCOCCC)CC1CCCC1. The van der Waals surface area contributed by atoms with Crippen LogP contribution in [0.2, 0.25) is 0 Å². The fraction of sp³-hybridized carbons (Fsp3) is 1.00. The molecule has 102 valence electrons. The van der Waals surface area contributed by atoms with Gasteiger partial charge < -0.3 is 10.1 Å². The van der Waals surface area contributed by atoms with Gasteiger partial charge in [0.25, 0.3) is 0 Å². The molecule has 17 heavy (non-hydrogen) atoms. The maximum atomic E-state index is 5.62. The molecular formula is C15H31NO. The molecule has 1 unspecified atom stereocenters. The molecule has 1 aliphatic rings. The highest BCUT2D eigenvalue weighted by Crippen LogP contribution is 2.29. The van der Waals surface area contributed by atoms with Crippen molar-refractivity contribution in [3.05, 3.63) is 0 Å². The van der Waals surface area contributed by atoms with Crippen LogP contribution in [-0.2, 0) is 4.74 Å². The molecule has 1 rings (SSSR count). The Hall–Kier alpha value is -0.0800. The monoisotopic (exact) mass is 241 g/mol. The van der Waals surface area contributed by atoms with E-state index >= 15 is 0 Å². The molecule has 0 bridgehead atoms. The molecule has 1 atom stereocenters. The van der Waals surface area contributed by atoms with E-state index in [0.717, 1.165) is 32.1 Å². The highest BCUT2D eigenvalue weighted by Gasteiger charge is 2.19. The minimum Gasteiger partial charge on any atom is -0.381 e. The molecule has 1 aliphatic carbocycles. The zero-order chi connectivity index (χ0) is 12.3. The first-order chi connectivity index (χ1) is 8.36. The third-order valence-electron chi connectivity index (χ3n) is 3.73. The Kier molecular flexibility index (Phi) is 8.72. The molecule has 0 radical (unpaired) electrons. The first-order valence-corrected chi connectivity index (χ1v) is 7.68. The van der Waals surface area contributed by atoms with Crippen LogP contribution in [0, 0.1) is 5.92 Å². The second-order valence-electron chi connectivity index (χ2n) is 5.44. The number of rotatable bonds is 10. The van der Waals surface area contributed by atoms with E-state index in [9.17, 15) is 0 Å². The first kappa shape index (κ1) is 15.0. The molecule has 1 saturated carbocycles. The van der Waals surface area contributed by atoms with Gasteiger partial charge in [0.2, 0.25) is 0 Å². The molecule has 0 spiro atoms. The standard InChI is InChI=1S/C15H31NO/c1-3-10-16-15(9-12-17-11-4-2)13-14-7-5-6-8-14/h14-16H,3-13H2,1-2H3. The normalized spacial score (nSPS) is 18.7. The quantitative estimate of drug-likeness (QED) is 0.588. The molecule has 2 heteroatoms. The molecule has 0 saturated heterocycles. The van der Waals surface area contributed by atoms with Crippen LogP contribution in [0.5, 0.6) is 0 Å². The Morgan fingerprint density at radius 1 is 1.12 bits per heavy atom. The molecule has 0 aromatic heterocycles. The summed E-state index contributed by atoms with van der Waals surface area (Å²) in [7, 11) is 0. The van der Waals surface area contributed by atoms with Crippen LogP contribution in [0.4, 0.5) is 0 Å². The lowest BCUT2D eigenvalue weighted by atomic mass is 9.96. The Morgan fingerprint density at radius 2 is 1.88 bits per heavy atom. The fourth-order valence-electron chi connectivity index (χ4n) is 2.77. The molecule has 0 amide bonds. The fourth-order valence-corrected chi connectivity index (χ4v) is 2.77. The van der Waals surface area contributed by atoms with Gasteiger partial charge in [-0.25, -0.2) is 0 Å². The summed E-state index contributed by atoms with van der Waals surface area (Å²) in [6.07, 6.45) is 10.8. The highest BCUT2D eigenvalue weighted by molar-refractivity contribution is 4.75. The largest absolute Gasteiger partial charge is 0.381 e. The van der Waals surface area contributed by atoms with Crippen molar-refractivity contribution in [2.45, 2.75) is 71.3 Å². The molecule has 0 aromatic rings. The van der Waals surface area contributed by atoms with Crippen molar-refractivity contribution in [2.75, 3.05) is 19.8 Å². The van der Waals surface area contributed by atoms with Gasteiger partial charge in [-0.05, 0) is 38.1 Å². The van der Waals surface area contributed by atoms with Crippen molar-refractivity contribution >= 4 is 0 Å². The average Bonchev–Trinajstić information content (AvgIpc) is 2.84. The summed E-state index contributed by atoms with van der Waals surface area (Å²) in [5.74, 6) is 0.982.